The van der Waals surface area contributed by atoms with Crippen LogP contribution in [-0.2, 0) is 17.9 Å². The summed E-state index contributed by atoms with van der Waals surface area (Å²) in [4.78, 5) is 61.4. The number of Topliss-reactive ketones (excluding diaryl/α,β-unsaturated/α-hetero) is 1. The Morgan fingerprint density at radius 2 is 0.974 bits per heavy atom. The lowest BCUT2D eigenvalue weighted by Crippen LogP contribution is -2.52. The standard InChI is InChI=1S/C29H29F3N4O3.C28H26F3N5O2/c1-34-13-15-35(16-14-34)29(39)36(24-11-9-21(10-12-24)20-5-3-2-4-6-20)19-23-8-7-22(17-25(23)30)26(37)18-33-28(38)27(31)32;1-34-13-15-35(16-14-34)28(37)36(23-11-9-20(10-12-23)19-5-3-2-4-6-19)18-22-8-7-21(17-24(22)29)26-32-33-27(38-26)25(30)31/h2-12,17,27H,13-16,18-19H2,1H3,(H,33,38);2-12,17,25H,13-16,18H2,1H3. The Labute approximate surface area is 441 Å². The summed E-state index contributed by atoms with van der Waals surface area (Å²) in [6, 6.07) is 42.1. The number of nitrogens with zero attached hydrogens (tertiary/aromatic N) is 8. The summed E-state index contributed by atoms with van der Waals surface area (Å²) in [6.45, 7) is 4.37. The number of nitrogens with one attached hydrogen (secondary N) is 1. The molecule has 400 valence electrons. The molecule has 0 unspecified atom stereocenters. The van der Waals surface area contributed by atoms with Crippen molar-refractivity contribution in [2.24, 2.45) is 0 Å². The molecular weight excluding hydrogens is 1000 g/mol. The number of hydrogen-bond acceptors (Lipinski definition) is 9. The summed E-state index contributed by atoms with van der Waals surface area (Å²) >= 11 is 0. The van der Waals surface area contributed by atoms with Gasteiger partial charge in [0.25, 0.3) is 11.8 Å². The minimum Gasteiger partial charge on any atom is -0.415 e. The molecule has 20 heteroatoms. The maximum absolute atomic E-state index is 15.2. The van der Waals surface area contributed by atoms with Crippen LogP contribution in [0.1, 0.15) is 33.8 Å². The molecule has 9 rings (SSSR count). The van der Waals surface area contributed by atoms with Crippen LogP contribution in [0.3, 0.4) is 0 Å². The molecule has 6 aromatic carbocycles. The van der Waals surface area contributed by atoms with E-state index in [0.717, 1.165) is 60.6 Å². The van der Waals surface area contributed by atoms with Crippen molar-refractivity contribution in [3.8, 4) is 33.7 Å². The molecule has 77 heavy (non-hydrogen) atoms. The number of aromatic nitrogens is 2. The third kappa shape index (κ3) is 14.1. The second-order valence-corrected chi connectivity index (χ2v) is 18.4. The number of piperazine rings is 2. The zero-order valence-electron chi connectivity index (χ0n) is 42.2. The van der Waals surface area contributed by atoms with Crippen LogP contribution in [0.2, 0.25) is 0 Å². The van der Waals surface area contributed by atoms with Crippen molar-refractivity contribution < 1.29 is 49.9 Å². The molecule has 0 aliphatic carbocycles. The molecule has 2 aliphatic rings. The van der Waals surface area contributed by atoms with Gasteiger partial charge >= 0.3 is 24.9 Å². The molecule has 2 aliphatic heterocycles. The predicted octanol–water partition coefficient (Wildman–Crippen LogP) is 10.3. The van der Waals surface area contributed by atoms with Gasteiger partial charge in [-0.3, -0.25) is 19.4 Å². The third-order valence-electron chi connectivity index (χ3n) is 13.2. The third-order valence-corrected chi connectivity index (χ3v) is 13.2. The molecule has 5 amide bonds. The Balaban J connectivity index is 0.000000204. The molecule has 2 saturated heterocycles. The minimum absolute atomic E-state index is 0.0198. The molecule has 1 aromatic heterocycles. The number of hydrogen-bond donors (Lipinski definition) is 1. The van der Waals surface area contributed by atoms with Crippen LogP contribution in [-0.4, -0.2) is 133 Å². The number of anilines is 2. The Morgan fingerprint density at radius 3 is 1.39 bits per heavy atom. The summed E-state index contributed by atoms with van der Waals surface area (Å²) in [7, 11) is 3.99. The monoisotopic (exact) mass is 1060 g/mol. The average Bonchev–Trinajstić information content (AvgIpc) is 3.97. The number of urea groups is 2. The van der Waals surface area contributed by atoms with Gasteiger partial charge in [0.15, 0.2) is 5.78 Å². The van der Waals surface area contributed by atoms with Crippen LogP contribution in [0.15, 0.2) is 150 Å². The Hall–Kier alpha value is -8.36. The van der Waals surface area contributed by atoms with Crippen molar-refractivity contribution in [3.63, 3.8) is 0 Å². The van der Waals surface area contributed by atoms with Crippen molar-refractivity contribution in [3.05, 3.63) is 180 Å². The lowest BCUT2D eigenvalue weighted by Gasteiger charge is -2.36. The van der Waals surface area contributed by atoms with E-state index in [-0.39, 0.29) is 53.3 Å². The first-order valence-corrected chi connectivity index (χ1v) is 24.7. The molecule has 14 nitrogen and oxygen atoms in total. The van der Waals surface area contributed by atoms with E-state index < -0.39 is 48.6 Å². The van der Waals surface area contributed by atoms with Crippen molar-refractivity contribution in [2.75, 3.05) is 82.8 Å². The van der Waals surface area contributed by atoms with E-state index in [0.29, 0.717) is 37.6 Å². The smallest absolute Gasteiger partial charge is 0.324 e. The minimum atomic E-state index is -3.25. The number of benzene rings is 6. The van der Waals surface area contributed by atoms with Crippen LogP contribution in [0.5, 0.6) is 0 Å². The SMILES string of the molecule is CN1CCN(C(=O)N(Cc2ccc(-c3nnc(C(F)F)o3)cc2F)c2ccc(-c3ccccc3)cc2)CC1.CN1CCN(C(=O)N(Cc2ccc(C(=O)CNC(=O)C(F)F)cc2F)c2ccc(-c3ccccc3)cc2)CC1. The number of alkyl halides is 4. The second-order valence-electron chi connectivity index (χ2n) is 18.4. The van der Waals surface area contributed by atoms with Gasteiger partial charge in [0.05, 0.1) is 19.6 Å². The molecule has 7 aromatic rings. The van der Waals surface area contributed by atoms with Crippen LogP contribution in [0.4, 0.5) is 47.3 Å². The van der Waals surface area contributed by atoms with Gasteiger partial charge in [-0.25, -0.2) is 18.4 Å². The van der Waals surface area contributed by atoms with E-state index in [1.165, 1.54) is 29.2 Å². The van der Waals surface area contributed by atoms with E-state index in [1.54, 1.807) is 14.7 Å². The lowest BCUT2D eigenvalue weighted by atomic mass is 10.0. The van der Waals surface area contributed by atoms with Gasteiger partial charge in [0.2, 0.25) is 5.89 Å². The normalized spacial score (nSPS) is 14.0. The van der Waals surface area contributed by atoms with Gasteiger partial charge in [-0.15, -0.1) is 10.2 Å². The highest BCUT2D eigenvalue weighted by Gasteiger charge is 2.29. The number of likely N-dealkylation sites (N-methyl/N-ethyl adjacent to an activating group) is 2. The van der Waals surface area contributed by atoms with Gasteiger partial charge in [-0.05, 0) is 78.8 Å². The number of halogens is 6. The molecule has 0 bridgehead atoms. The van der Waals surface area contributed by atoms with Gasteiger partial charge < -0.3 is 29.3 Å². The van der Waals surface area contributed by atoms with Crippen molar-refractivity contribution >= 4 is 35.1 Å². The van der Waals surface area contributed by atoms with Crippen molar-refractivity contribution in [2.45, 2.75) is 25.9 Å². The molecule has 1 N–H and O–H groups in total. The van der Waals surface area contributed by atoms with Gasteiger partial charge in [0.1, 0.15) is 11.6 Å². The topological polar surface area (TPSA) is 139 Å². The summed E-state index contributed by atoms with van der Waals surface area (Å²) in [5, 5.41) is 8.68. The van der Waals surface area contributed by atoms with Crippen LogP contribution in [0, 0.1) is 11.6 Å². The Kier molecular flexibility index (Phi) is 18.1. The zero-order chi connectivity index (χ0) is 54.6. The molecule has 0 saturated carbocycles. The van der Waals surface area contributed by atoms with Gasteiger partial charge in [-0.2, -0.15) is 17.6 Å². The van der Waals surface area contributed by atoms with Crippen LogP contribution >= 0.6 is 0 Å². The van der Waals surface area contributed by atoms with E-state index in [2.05, 4.69) is 20.0 Å². The summed E-state index contributed by atoms with van der Waals surface area (Å²) < 4.78 is 85.6. The van der Waals surface area contributed by atoms with Gasteiger partial charge in [0, 0.05) is 86.0 Å². The first kappa shape index (κ1) is 54.9. The summed E-state index contributed by atoms with van der Waals surface area (Å²) in [5.74, 6) is -4.65. The fourth-order valence-corrected chi connectivity index (χ4v) is 8.59. The lowest BCUT2D eigenvalue weighted by molar-refractivity contribution is -0.131. The molecule has 2 fully saturated rings. The summed E-state index contributed by atoms with van der Waals surface area (Å²) in [5.41, 5.74) is 5.81. The quantitative estimate of drug-likeness (QED) is 0.0833. The zero-order valence-corrected chi connectivity index (χ0v) is 42.2. The molecule has 0 spiro atoms. The average molecular weight is 1060 g/mol. The number of carbonyl (C=O) groups is 4. The predicted molar refractivity (Wildman–Crippen MR) is 279 cm³/mol. The number of amides is 5. The second kappa shape index (κ2) is 25.5. The fourth-order valence-electron chi connectivity index (χ4n) is 8.59. The largest absolute Gasteiger partial charge is 0.415 e. The maximum atomic E-state index is 15.2. The molecular formula is C57H55F6N9O5. The molecule has 3 heterocycles. The number of carbonyl (C=O) groups excluding carboxylic acids is 4. The maximum Gasteiger partial charge on any atom is 0.324 e. The number of rotatable bonds is 14. The highest BCUT2D eigenvalue weighted by molar-refractivity contribution is 6.00. The van der Waals surface area contributed by atoms with E-state index in [9.17, 15) is 36.7 Å². The van der Waals surface area contributed by atoms with E-state index in [1.807, 2.05) is 129 Å². The summed E-state index contributed by atoms with van der Waals surface area (Å²) in [6.07, 6.45) is -6.16. The fraction of sp³-hybridized carbons (Fsp3) is 0.263. The number of ketones is 1. The molecule has 0 atom stereocenters. The van der Waals surface area contributed by atoms with Crippen LogP contribution < -0.4 is 15.1 Å². The first-order valence-electron chi connectivity index (χ1n) is 24.7. The van der Waals surface area contributed by atoms with E-state index >= 15 is 8.78 Å². The van der Waals surface area contributed by atoms with Crippen molar-refractivity contribution in [1.29, 1.82) is 0 Å². The van der Waals surface area contributed by atoms with E-state index in [4.69, 9.17) is 4.42 Å². The first-order chi connectivity index (χ1) is 37.1. The van der Waals surface area contributed by atoms with Gasteiger partial charge in [-0.1, -0.05) is 103 Å². The Morgan fingerprint density at radius 1 is 0.545 bits per heavy atom. The Bertz CT molecular complexity index is 3120. The highest BCUT2D eigenvalue weighted by atomic mass is 19.3. The molecule has 0 radical (unpaired) electrons. The van der Waals surface area contributed by atoms with Crippen molar-refractivity contribution in [1.82, 2.24) is 35.1 Å². The highest BCUT2D eigenvalue weighted by Crippen LogP contribution is 2.30. The van der Waals surface area contributed by atoms with Crippen LogP contribution in [0.25, 0.3) is 33.7 Å².